The number of hydrogen-bond donors (Lipinski definition) is 2. The van der Waals surface area contributed by atoms with E-state index < -0.39 is 0 Å². The summed E-state index contributed by atoms with van der Waals surface area (Å²) in [5.41, 5.74) is 6.63. The number of nitrogens with two attached hydrogens (primary N) is 1. The quantitative estimate of drug-likeness (QED) is 0.857. The number of benzene rings is 1. The fraction of sp³-hybridized carbons (Fsp3) is 0.250. The second kappa shape index (κ2) is 4.55. The highest BCUT2D eigenvalue weighted by molar-refractivity contribution is 5.67. The standard InChI is InChI=1S/C12H14FN3O/c1-7(14)12-15-6-9(16-12)11-8(13)4-3-5-10(11)17-2/h3-7H,14H2,1-2H3,(H,15,16). The SMILES string of the molecule is COc1cccc(F)c1-c1cnc(C(C)N)[nH]1. The molecule has 90 valence electrons. The van der Waals surface area contributed by atoms with E-state index >= 15 is 0 Å². The van der Waals surface area contributed by atoms with Gasteiger partial charge in [0.15, 0.2) is 0 Å². The third kappa shape index (κ3) is 2.14. The lowest BCUT2D eigenvalue weighted by Crippen LogP contribution is -2.06. The highest BCUT2D eigenvalue weighted by Crippen LogP contribution is 2.31. The zero-order chi connectivity index (χ0) is 12.4. The maximum absolute atomic E-state index is 13.8. The summed E-state index contributed by atoms with van der Waals surface area (Å²) >= 11 is 0. The molecule has 0 fully saturated rings. The van der Waals surface area contributed by atoms with Gasteiger partial charge in [0.2, 0.25) is 0 Å². The molecule has 1 aromatic heterocycles. The topological polar surface area (TPSA) is 63.9 Å². The van der Waals surface area contributed by atoms with Gasteiger partial charge in [-0.2, -0.15) is 0 Å². The lowest BCUT2D eigenvalue weighted by atomic mass is 10.1. The lowest BCUT2D eigenvalue weighted by Gasteiger charge is -2.07. The summed E-state index contributed by atoms with van der Waals surface area (Å²) < 4.78 is 18.9. The van der Waals surface area contributed by atoms with Crippen molar-refractivity contribution in [3.63, 3.8) is 0 Å². The number of ether oxygens (including phenoxy) is 1. The van der Waals surface area contributed by atoms with Crippen molar-refractivity contribution < 1.29 is 9.13 Å². The van der Waals surface area contributed by atoms with Crippen molar-refractivity contribution in [1.29, 1.82) is 0 Å². The van der Waals surface area contributed by atoms with Gasteiger partial charge in [0, 0.05) is 0 Å². The van der Waals surface area contributed by atoms with Gasteiger partial charge in [0.25, 0.3) is 0 Å². The first-order valence-electron chi connectivity index (χ1n) is 5.27. The van der Waals surface area contributed by atoms with Crippen LogP contribution in [0.5, 0.6) is 5.75 Å². The van der Waals surface area contributed by atoms with Crippen molar-refractivity contribution in [3.05, 3.63) is 36.0 Å². The normalized spacial score (nSPS) is 12.5. The number of nitrogens with zero attached hydrogens (tertiary/aromatic N) is 1. The van der Waals surface area contributed by atoms with Crippen LogP contribution in [0, 0.1) is 5.82 Å². The fourth-order valence-corrected chi connectivity index (χ4v) is 1.63. The molecule has 3 N–H and O–H groups in total. The first kappa shape index (κ1) is 11.6. The van der Waals surface area contributed by atoms with Crippen molar-refractivity contribution in [3.8, 4) is 17.0 Å². The minimum absolute atomic E-state index is 0.221. The third-order valence-electron chi connectivity index (χ3n) is 2.49. The Bertz CT molecular complexity index is 522. The number of aromatic amines is 1. The summed E-state index contributed by atoms with van der Waals surface area (Å²) in [6.07, 6.45) is 1.56. The van der Waals surface area contributed by atoms with Crippen molar-refractivity contribution in [2.45, 2.75) is 13.0 Å². The molecule has 4 nitrogen and oxygen atoms in total. The van der Waals surface area contributed by atoms with Crippen molar-refractivity contribution in [2.24, 2.45) is 5.73 Å². The molecular weight excluding hydrogens is 221 g/mol. The fourth-order valence-electron chi connectivity index (χ4n) is 1.63. The molecule has 1 aromatic carbocycles. The van der Waals surface area contributed by atoms with E-state index in [1.807, 2.05) is 0 Å². The van der Waals surface area contributed by atoms with Gasteiger partial charge < -0.3 is 15.5 Å². The maximum Gasteiger partial charge on any atom is 0.136 e. The van der Waals surface area contributed by atoms with Gasteiger partial charge in [0.1, 0.15) is 17.4 Å². The van der Waals surface area contributed by atoms with E-state index in [9.17, 15) is 4.39 Å². The van der Waals surface area contributed by atoms with Gasteiger partial charge in [-0.15, -0.1) is 0 Å². The van der Waals surface area contributed by atoms with Crippen LogP contribution in [0.25, 0.3) is 11.3 Å². The Morgan fingerprint density at radius 1 is 1.47 bits per heavy atom. The van der Waals surface area contributed by atoms with Crippen LogP contribution in [-0.4, -0.2) is 17.1 Å². The Morgan fingerprint density at radius 2 is 2.24 bits per heavy atom. The lowest BCUT2D eigenvalue weighted by molar-refractivity contribution is 0.413. The predicted molar refractivity (Wildman–Crippen MR) is 63.1 cm³/mol. The van der Waals surface area contributed by atoms with E-state index in [-0.39, 0.29) is 11.9 Å². The summed E-state index contributed by atoms with van der Waals surface area (Å²) in [5.74, 6) is 0.722. The van der Waals surface area contributed by atoms with Crippen LogP contribution in [0.1, 0.15) is 18.8 Å². The molecule has 2 rings (SSSR count). The molecule has 0 aliphatic carbocycles. The van der Waals surface area contributed by atoms with Gasteiger partial charge in [-0.1, -0.05) is 6.07 Å². The van der Waals surface area contributed by atoms with Crippen LogP contribution in [-0.2, 0) is 0 Å². The van der Waals surface area contributed by atoms with Crippen molar-refractivity contribution in [1.82, 2.24) is 9.97 Å². The van der Waals surface area contributed by atoms with Gasteiger partial charge in [0.05, 0.1) is 30.6 Å². The molecule has 0 aliphatic heterocycles. The monoisotopic (exact) mass is 235 g/mol. The van der Waals surface area contributed by atoms with Gasteiger partial charge >= 0.3 is 0 Å². The zero-order valence-electron chi connectivity index (χ0n) is 9.70. The molecule has 1 unspecified atom stereocenters. The average Bonchev–Trinajstić information content (AvgIpc) is 2.77. The molecule has 17 heavy (non-hydrogen) atoms. The van der Waals surface area contributed by atoms with E-state index in [0.29, 0.717) is 22.8 Å². The second-order valence-electron chi connectivity index (χ2n) is 3.79. The number of H-pyrrole nitrogens is 1. The molecule has 1 atom stereocenters. The molecular formula is C12H14FN3O. The third-order valence-corrected chi connectivity index (χ3v) is 2.49. The summed E-state index contributed by atoms with van der Waals surface area (Å²) in [5, 5.41) is 0. The van der Waals surface area contributed by atoms with E-state index in [0.717, 1.165) is 0 Å². The number of methoxy groups -OCH3 is 1. The van der Waals surface area contributed by atoms with Crippen LogP contribution in [0.15, 0.2) is 24.4 Å². The number of imidazole rings is 1. The minimum Gasteiger partial charge on any atom is -0.496 e. The summed E-state index contributed by atoms with van der Waals surface area (Å²) in [6, 6.07) is 4.46. The Balaban J connectivity index is 2.51. The Kier molecular flexibility index (Phi) is 3.10. The van der Waals surface area contributed by atoms with Gasteiger partial charge in [-0.3, -0.25) is 0 Å². The number of hydrogen-bond acceptors (Lipinski definition) is 3. The van der Waals surface area contributed by atoms with E-state index in [4.69, 9.17) is 10.5 Å². The number of rotatable bonds is 3. The van der Waals surface area contributed by atoms with Crippen LogP contribution in [0.2, 0.25) is 0 Å². The Hall–Kier alpha value is -1.88. The molecule has 0 saturated heterocycles. The summed E-state index contributed by atoms with van der Waals surface area (Å²) in [4.78, 5) is 7.09. The van der Waals surface area contributed by atoms with Crippen molar-refractivity contribution >= 4 is 0 Å². The smallest absolute Gasteiger partial charge is 0.136 e. The second-order valence-corrected chi connectivity index (χ2v) is 3.79. The molecule has 0 aliphatic rings. The first-order valence-corrected chi connectivity index (χ1v) is 5.27. The molecule has 0 radical (unpaired) electrons. The molecule has 0 amide bonds. The summed E-state index contributed by atoms with van der Waals surface area (Å²) in [7, 11) is 1.50. The van der Waals surface area contributed by atoms with E-state index in [2.05, 4.69) is 9.97 Å². The minimum atomic E-state index is -0.357. The number of halogens is 1. The van der Waals surface area contributed by atoms with Gasteiger partial charge in [-0.25, -0.2) is 9.37 Å². The maximum atomic E-state index is 13.8. The predicted octanol–water partition coefficient (Wildman–Crippen LogP) is 2.24. The van der Waals surface area contributed by atoms with E-state index in [1.165, 1.54) is 13.2 Å². The van der Waals surface area contributed by atoms with Crippen LogP contribution in [0.3, 0.4) is 0 Å². The van der Waals surface area contributed by atoms with Gasteiger partial charge in [-0.05, 0) is 19.1 Å². The molecule has 0 saturated carbocycles. The molecule has 2 aromatic rings. The molecule has 0 spiro atoms. The highest BCUT2D eigenvalue weighted by Gasteiger charge is 2.14. The van der Waals surface area contributed by atoms with Crippen LogP contribution < -0.4 is 10.5 Å². The average molecular weight is 235 g/mol. The van der Waals surface area contributed by atoms with E-state index in [1.54, 1.807) is 25.3 Å². The number of nitrogens with one attached hydrogen (secondary N) is 1. The summed E-state index contributed by atoms with van der Waals surface area (Å²) in [6.45, 7) is 1.81. The molecule has 5 heteroatoms. The van der Waals surface area contributed by atoms with Crippen LogP contribution in [0.4, 0.5) is 4.39 Å². The Morgan fingerprint density at radius 3 is 2.82 bits per heavy atom. The molecule has 0 bridgehead atoms. The van der Waals surface area contributed by atoms with Crippen LogP contribution >= 0.6 is 0 Å². The highest BCUT2D eigenvalue weighted by atomic mass is 19.1. The first-order chi connectivity index (χ1) is 8.13. The number of aromatic nitrogens is 2. The molecule has 1 heterocycles. The zero-order valence-corrected chi connectivity index (χ0v) is 9.70. The largest absolute Gasteiger partial charge is 0.496 e. The van der Waals surface area contributed by atoms with Crippen molar-refractivity contribution in [2.75, 3.05) is 7.11 Å². The Labute approximate surface area is 98.6 Å².